The Morgan fingerprint density at radius 3 is 2.50 bits per heavy atom. The fourth-order valence-corrected chi connectivity index (χ4v) is 0.442. The molecule has 0 N–H and O–H groups in total. The Balaban J connectivity index is 3.42. The molecule has 0 atom stereocenters. The molecule has 0 unspecified atom stereocenters. The summed E-state index contributed by atoms with van der Waals surface area (Å²) in [7, 11) is 0. The van der Waals surface area contributed by atoms with Crippen LogP contribution in [0.3, 0.4) is 0 Å². The van der Waals surface area contributed by atoms with Crippen molar-refractivity contribution in [3.63, 3.8) is 0 Å². The molecule has 0 aromatic heterocycles. The summed E-state index contributed by atoms with van der Waals surface area (Å²) in [6.45, 7) is 0.941. The van der Waals surface area contributed by atoms with Crippen LogP contribution < -0.4 is 0 Å². The first-order chi connectivity index (χ1) is 4.62. The summed E-state index contributed by atoms with van der Waals surface area (Å²) in [5, 5.41) is 9.75. The Bertz CT molecular complexity index is 85.8. The zero-order valence-electron chi connectivity index (χ0n) is 5.90. The summed E-state index contributed by atoms with van der Waals surface area (Å²) in [6, 6.07) is 0. The van der Waals surface area contributed by atoms with E-state index in [0.29, 0.717) is 6.42 Å². The van der Waals surface area contributed by atoms with E-state index in [1.54, 1.807) is 6.92 Å². The largest absolute Gasteiger partial charge is 0.358 e. The summed E-state index contributed by atoms with van der Waals surface area (Å²) < 4.78 is 28.5. The molecule has 0 heterocycles. The highest BCUT2D eigenvalue weighted by Crippen LogP contribution is 2.19. The first-order valence-electron chi connectivity index (χ1n) is 3.22. The van der Waals surface area contributed by atoms with E-state index >= 15 is 0 Å². The average molecular weight is 153 g/mol. The van der Waals surface area contributed by atoms with Crippen molar-refractivity contribution >= 4 is 0 Å². The lowest BCUT2D eigenvalue weighted by Gasteiger charge is -2.13. The molecular formula is C6H11F2O2. The molecule has 0 aliphatic carbocycles. The van der Waals surface area contributed by atoms with Crippen LogP contribution in [0.15, 0.2) is 0 Å². The van der Waals surface area contributed by atoms with Crippen LogP contribution in [0.4, 0.5) is 8.78 Å². The number of rotatable bonds is 5. The van der Waals surface area contributed by atoms with E-state index in [4.69, 9.17) is 0 Å². The van der Waals surface area contributed by atoms with Gasteiger partial charge in [-0.15, -0.1) is 0 Å². The van der Waals surface area contributed by atoms with Crippen LogP contribution in [-0.2, 0) is 9.84 Å². The van der Waals surface area contributed by atoms with Crippen molar-refractivity contribution in [2.75, 3.05) is 13.2 Å². The van der Waals surface area contributed by atoms with Crippen molar-refractivity contribution in [3.8, 4) is 0 Å². The van der Waals surface area contributed by atoms with Gasteiger partial charge in [-0.3, -0.25) is 0 Å². The highest BCUT2D eigenvalue weighted by atomic mass is 19.3. The highest BCUT2D eigenvalue weighted by Gasteiger charge is 2.28. The van der Waals surface area contributed by atoms with E-state index in [-0.39, 0.29) is 6.61 Å². The van der Waals surface area contributed by atoms with E-state index in [2.05, 4.69) is 4.74 Å². The van der Waals surface area contributed by atoms with Crippen molar-refractivity contribution < 1.29 is 18.6 Å². The van der Waals surface area contributed by atoms with Crippen LogP contribution >= 0.6 is 0 Å². The molecule has 61 valence electrons. The zero-order valence-corrected chi connectivity index (χ0v) is 5.90. The first-order valence-corrected chi connectivity index (χ1v) is 3.22. The molecule has 0 aliphatic heterocycles. The lowest BCUT2D eigenvalue weighted by atomic mass is 10.4. The van der Waals surface area contributed by atoms with Crippen LogP contribution in [0.25, 0.3) is 0 Å². The topological polar surface area (TPSA) is 29.1 Å². The third kappa shape index (κ3) is 4.64. The van der Waals surface area contributed by atoms with Crippen LogP contribution in [-0.4, -0.2) is 19.3 Å². The normalized spacial score (nSPS) is 12.0. The van der Waals surface area contributed by atoms with Crippen molar-refractivity contribution in [1.29, 1.82) is 0 Å². The molecule has 0 saturated heterocycles. The number of hydrogen-bond acceptors (Lipinski definition) is 1. The second-order valence-electron chi connectivity index (χ2n) is 1.94. The number of halogens is 2. The molecule has 2 nitrogen and oxygen atoms in total. The summed E-state index contributed by atoms with van der Waals surface area (Å²) in [6.07, 6.45) is -3.40. The Labute approximate surface area is 58.8 Å². The fraction of sp³-hybridized carbons (Fsp3) is 1.00. The van der Waals surface area contributed by atoms with Gasteiger partial charge in [-0.2, -0.15) is 8.78 Å². The van der Waals surface area contributed by atoms with Crippen molar-refractivity contribution in [2.45, 2.75) is 25.9 Å². The van der Waals surface area contributed by atoms with E-state index in [1.165, 1.54) is 0 Å². The molecule has 0 bridgehead atoms. The van der Waals surface area contributed by atoms with Crippen molar-refractivity contribution in [3.05, 3.63) is 0 Å². The van der Waals surface area contributed by atoms with Gasteiger partial charge in [-0.1, -0.05) is 6.92 Å². The van der Waals surface area contributed by atoms with E-state index in [0.717, 1.165) is 0 Å². The molecule has 0 saturated carbocycles. The Hall–Kier alpha value is -0.220. The van der Waals surface area contributed by atoms with Gasteiger partial charge in [0.2, 0.25) is 0 Å². The minimum atomic E-state index is -3.21. The van der Waals surface area contributed by atoms with E-state index in [9.17, 15) is 13.9 Å². The van der Waals surface area contributed by atoms with Gasteiger partial charge in [0, 0.05) is 0 Å². The minimum Gasteiger partial charge on any atom is -0.320 e. The van der Waals surface area contributed by atoms with Gasteiger partial charge in [0.1, 0.15) is 0 Å². The fourth-order valence-electron chi connectivity index (χ4n) is 0.442. The van der Waals surface area contributed by atoms with Crippen LogP contribution in [0.1, 0.15) is 19.8 Å². The van der Waals surface area contributed by atoms with Gasteiger partial charge >= 0.3 is 6.11 Å². The van der Waals surface area contributed by atoms with E-state index in [1.807, 2.05) is 0 Å². The van der Waals surface area contributed by atoms with Gasteiger partial charge in [-0.25, -0.2) is 5.11 Å². The van der Waals surface area contributed by atoms with E-state index < -0.39 is 19.1 Å². The first kappa shape index (κ1) is 9.78. The summed E-state index contributed by atoms with van der Waals surface area (Å²) in [5.41, 5.74) is 0. The predicted molar refractivity (Wildman–Crippen MR) is 31.4 cm³/mol. The predicted octanol–water partition coefficient (Wildman–Crippen LogP) is 1.83. The quantitative estimate of drug-likeness (QED) is 0.592. The molecule has 10 heavy (non-hydrogen) atoms. The van der Waals surface area contributed by atoms with Gasteiger partial charge in [-0.05, 0) is 6.42 Å². The molecule has 0 spiro atoms. The van der Waals surface area contributed by atoms with Crippen molar-refractivity contribution in [2.24, 2.45) is 0 Å². The van der Waals surface area contributed by atoms with Crippen LogP contribution in [0.2, 0.25) is 0 Å². The summed E-state index contributed by atoms with van der Waals surface area (Å²) in [5.74, 6) is 0. The third-order valence-corrected chi connectivity index (χ3v) is 0.910. The van der Waals surface area contributed by atoms with Crippen LogP contribution in [0.5, 0.6) is 0 Å². The zero-order chi connectivity index (χ0) is 8.04. The molecule has 0 aliphatic rings. The molecule has 4 heteroatoms. The molecule has 0 aromatic rings. The van der Waals surface area contributed by atoms with Crippen molar-refractivity contribution in [1.82, 2.24) is 0 Å². The summed E-state index contributed by atoms with van der Waals surface area (Å²) in [4.78, 5) is 0. The molecule has 1 radical (unpaired) electrons. The maximum atomic E-state index is 12.2. The standard InChI is InChI=1S/C6H11F2O2/c1-2-5-10-6(7,8)3-4-9/h2-5H2,1H3. The molecule has 0 aromatic carbocycles. The lowest BCUT2D eigenvalue weighted by molar-refractivity contribution is -0.247. The second kappa shape index (κ2) is 4.57. The number of hydrogen-bond donors (Lipinski definition) is 0. The Morgan fingerprint density at radius 2 is 2.10 bits per heavy atom. The monoisotopic (exact) mass is 153 g/mol. The minimum absolute atomic E-state index is 0.00694. The smallest absolute Gasteiger partial charge is 0.320 e. The van der Waals surface area contributed by atoms with Gasteiger partial charge in [0.15, 0.2) is 0 Å². The van der Waals surface area contributed by atoms with Crippen LogP contribution in [0, 0.1) is 0 Å². The Kier molecular flexibility index (Phi) is 4.47. The second-order valence-corrected chi connectivity index (χ2v) is 1.94. The van der Waals surface area contributed by atoms with Gasteiger partial charge < -0.3 is 4.74 Å². The van der Waals surface area contributed by atoms with Gasteiger partial charge in [0.25, 0.3) is 0 Å². The average Bonchev–Trinajstić information content (AvgIpc) is 1.84. The number of alkyl halides is 2. The molecule has 0 amide bonds. The maximum Gasteiger partial charge on any atom is 0.358 e. The summed E-state index contributed by atoms with van der Waals surface area (Å²) >= 11 is 0. The molecular weight excluding hydrogens is 142 g/mol. The maximum absolute atomic E-state index is 12.2. The molecule has 0 fully saturated rings. The Morgan fingerprint density at radius 1 is 1.50 bits per heavy atom. The molecule has 0 rings (SSSR count). The lowest BCUT2D eigenvalue weighted by Crippen LogP contribution is -2.22. The number of ether oxygens (including phenoxy) is 1. The highest BCUT2D eigenvalue weighted by molar-refractivity contribution is 4.50. The SMILES string of the molecule is CCCOC(F)(F)CC[O]. The third-order valence-electron chi connectivity index (χ3n) is 0.910. The van der Waals surface area contributed by atoms with Gasteiger partial charge in [0.05, 0.1) is 19.6 Å².